The molecule has 0 saturated carbocycles. The first-order valence-corrected chi connectivity index (χ1v) is 9.92. The van der Waals surface area contributed by atoms with Crippen molar-refractivity contribution in [1.29, 1.82) is 0 Å². The number of carbonyl (C=O) groups is 2. The average molecular weight is 704 g/mol. The molecule has 2 rings (SSSR count). The van der Waals surface area contributed by atoms with Gasteiger partial charge in [0.25, 0.3) is 0 Å². The third kappa shape index (κ3) is 1.71. The van der Waals surface area contributed by atoms with Gasteiger partial charge in [-0.05, 0) is 0 Å². The summed E-state index contributed by atoms with van der Waals surface area (Å²) in [7, 11) is 0. The minimum atomic E-state index is -1.35. The Balaban J connectivity index is 2.86. The van der Waals surface area contributed by atoms with Crippen molar-refractivity contribution in [3.8, 4) is 0 Å². The Morgan fingerprint density at radius 1 is 1.00 bits per heavy atom. The molecule has 0 spiro atoms. The molecule has 3 atom stereocenters. The van der Waals surface area contributed by atoms with E-state index in [0.29, 0.717) is 8.96 Å². The van der Waals surface area contributed by atoms with E-state index in [2.05, 4.69) is 112 Å². The van der Waals surface area contributed by atoms with Gasteiger partial charge in [-0.15, -0.1) is 0 Å². The first-order chi connectivity index (χ1) is 8.02. The number of hydrogen-bond acceptors (Lipinski definition) is 3. The molecule has 0 aromatic rings. The lowest BCUT2D eigenvalue weighted by Crippen LogP contribution is -2.64. The smallest absolute Gasteiger partial charge is 0.337 e. The lowest BCUT2D eigenvalue weighted by atomic mass is 9.85. The molecule has 1 fully saturated rings. The van der Waals surface area contributed by atoms with Gasteiger partial charge in [0.15, 0.2) is 8.65 Å². The zero-order valence-corrected chi connectivity index (χ0v) is 19.0. The third-order valence-corrected chi connectivity index (χ3v) is 15.2. The first kappa shape index (κ1) is 16.6. The van der Waals surface area contributed by atoms with Crippen molar-refractivity contribution in [2.24, 2.45) is 0 Å². The monoisotopic (exact) mass is 697 g/mol. The number of esters is 2. The summed E-state index contributed by atoms with van der Waals surface area (Å²) in [6, 6.07) is 0. The molecule has 1 aliphatic carbocycles. The van der Waals surface area contributed by atoms with Crippen molar-refractivity contribution in [3.05, 3.63) is 8.96 Å². The van der Waals surface area contributed by atoms with Gasteiger partial charge in [-0.1, -0.05) is 112 Å². The van der Waals surface area contributed by atoms with Crippen LogP contribution < -0.4 is 0 Å². The van der Waals surface area contributed by atoms with Crippen LogP contribution in [0.5, 0.6) is 0 Å². The molecule has 1 saturated heterocycles. The molecule has 18 heavy (non-hydrogen) atoms. The Labute approximate surface area is 161 Å². The highest BCUT2D eigenvalue weighted by molar-refractivity contribution is 9.27. The number of fused-ring (bicyclic) bond motifs is 1. The summed E-state index contributed by atoms with van der Waals surface area (Å²) in [5.41, 5.74) is 0. The molecular formula is C8HBr7O3. The molecule has 1 heterocycles. The molecular weight excluding hydrogens is 703 g/mol. The molecule has 3 unspecified atom stereocenters. The number of hydrogen-bond donors (Lipinski definition) is 0. The van der Waals surface area contributed by atoms with Gasteiger partial charge >= 0.3 is 11.9 Å². The fourth-order valence-corrected chi connectivity index (χ4v) is 8.73. The maximum atomic E-state index is 12.1. The zero-order chi connectivity index (χ0) is 14.1. The molecule has 3 nitrogen and oxygen atoms in total. The average Bonchev–Trinajstić information content (AvgIpc) is 2.48. The van der Waals surface area contributed by atoms with E-state index in [-0.39, 0.29) is 4.83 Å². The van der Waals surface area contributed by atoms with E-state index >= 15 is 0 Å². The Morgan fingerprint density at radius 2 is 1.50 bits per heavy atom. The normalized spacial score (nSPS) is 42.9. The number of allylic oxidation sites excluding steroid dienone is 1. The van der Waals surface area contributed by atoms with Gasteiger partial charge in [0, 0.05) is 8.96 Å². The van der Waals surface area contributed by atoms with E-state index in [9.17, 15) is 9.59 Å². The van der Waals surface area contributed by atoms with E-state index in [4.69, 9.17) is 4.74 Å². The molecule has 0 radical (unpaired) electrons. The Kier molecular flexibility index (Phi) is 4.50. The number of ether oxygens (including phenoxy) is 1. The number of carbonyl (C=O) groups excluding carboxylic acids is 2. The van der Waals surface area contributed by atoms with E-state index in [0.717, 1.165) is 0 Å². The minimum absolute atomic E-state index is 0.317. The molecule has 0 N–H and O–H groups in total. The van der Waals surface area contributed by atoms with Gasteiger partial charge in [-0.3, -0.25) is 0 Å². The van der Waals surface area contributed by atoms with Crippen LogP contribution in [-0.2, 0) is 14.3 Å². The SMILES string of the molecule is O=C1OC(=O)C2(Br)C1(Br)C(Br)=C(Br)C(Br)C2(Br)Br. The van der Waals surface area contributed by atoms with Crippen LogP contribution >= 0.6 is 112 Å². The lowest BCUT2D eigenvalue weighted by Gasteiger charge is -2.47. The van der Waals surface area contributed by atoms with Gasteiger partial charge in [0.1, 0.15) is 3.23 Å². The van der Waals surface area contributed by atoms with Crippen molar-refractivity contribution in [2.45, 2.75) is 16.7 Å². The van der Waals surface area contributed by atoms with Crippen LogP contribution in [0.15, 0.2) is 8.96 Å². The number of halogens is 7. The highest BCUT2D eigenvalue weighted by atomic mass is 79.9. The second-order valence-corrected chi connectivity index (χ2v) is 12.1. The van der Waals surface area contributed by atoms with Gasteiger partial charge in [-0.25, -0.2) is 9.59 Å². The van der Waals surface area contributed by atoms with Crippen molar-refractivity contribution < 1.29 is 14.3 Å². The molecule has 1 aliphatic heterocycles. The van der Waals surface area contributed by atoms with Crippen molar-refractivity contribution in [1.82, 2.24) is 0 Å². The molecule has 2 aliphatic rings. The molecule has 0 aromatic heterocycles. The van der Waals surface area contributed by atoms with Crippen molar-refractivity contribution >= 4 is 123 Å². The topological polar surface area (TPSA) is 43.4 Å². The summed E-state index contributed by atoms with van der Waals surface area (Å²) in [5, 5.41) is 0. The van der Waals surface area contributed by atoms with Crippen molar-refractivity contribution in [2.75, 3.05) is 0 Å². The van der Waals surface area contributed by atoms with E-state index in [1.54, 1.807) is 0 Å². The first-order valence-electron chi connectivity index (χ1n) is 4.25. The highest BCUT2D eigenvalue weighted by Gasteiger charge is 2.79. The number of alkyl halides is 5. The van der Waals surface area contributed by atoms with Crippen LogP contribution in [0.4, 0.5) is 0 Å². The van der Waals surface area contributed by atoms with Crippen molar-refractivity contribution in [3.63, 3.8) is 0 Å². The summed E-state index contributed by atoms with van der Waals surface area (Å²) in [4.78, 5) is 23.8. The number of cyclic esters (lactones) is 2. The second-order valence-electron chi connectivity index (χ2n) is 3.64. The summed E-state index contributed by atoms with van der Waals surface area (Å²) in [5.74, 6) is -1.37. The van der Waals surface area contributed by atoms with E-state index in [1.165, 1.54) is 0 Å². The zero-order valence-electron chi connectivity index (χ0n) is 7.95. The van der Waals surface area contributed by atoms with Crippen LogP contribution in [0.2, 0.25) is 0 Å². The van der Waals surface area contributed by atoms with Crippen LogP contribution in [0.3, 0.4) is 0 Å². The summed E-state index contributed by atoms with van der Waals surface area (Å²) in [6.45, 7) is 0. The fourth-order valence-electron chi connectivity index (χ4n) is 1.72. The maximum absolute atomic E-state index is 12.1. The molecule has 0 amide bonds. The van der Waals surface area contributed by atoms with Gasteiger partial charge in [-0.2, -0.15) is 0 Å². The van der Waals surface area contributed by atoms with Gasteiger partial charge < -0.3 is 4.74 Å². The fraction of sp³-hybridized carbons (Fsp3) is 0.500. The van der Waals surface area contributed by atoms with Gasteiger partial charge in [0.05, 0.1) is 4.83 Å². The lowest BCUT2D eigenvalue weighted by molar-refractivity contribution is -0.152. The largest absolute Gasteiger partial charge is 0.391 e. The van der Waals surface area contributed by atoms with Crippen LogP contribution in [0.25, 0.3) is 0 Å². The second kappa shape index (κ2) is 4.87. The summed E-state index contributed by atoms with van der Waals surface area (Å²) < 4.78 is 2.26. The molecule has 100 valence electrons. The van der Waals surface area contributed by atoms with Crippen LogP contribution in [0.1, 0.15) is 0 Å². The minimum Gasteiger partial charge on any atom is -0.391 e. The Hall–Kier alpha value is 2.24. The maximum Gasteiger partial charge on any atom is 0.337 e. The summed E-state index contributed by atoms with van der Waals surface area (Å²) >= 11 is 23.8. The van der Waals surface area contributed by atoms with E-state index < -0.39 is 23.8 Å². The van der Waals surface area contributed by atoms with Gasteiger partial charge in [0.2, 0.25) is 0 Å². The molecule has 0 aromatic carbocycles. The van der Waals surface area contributed by atoms with Crippen LogP contribution in [0, 0.1) is 0 Å². The standard InChI is InChI=1S/C8HBr7O3/c9-1-2(10)6(12)4(16)18-5(17)7(6,13)8(14,15)3(1)11/h3H. The highest BCUT2D eigenvalue weighted by Crippen LogP contribution is 2.68. The summed E-state index contributed by atoms with van der Waals surface area (Å²) in [6.07, 6.45) is 0. The molecule has 0 bridgehead atoms. The Bertz CT molecular complexity index is 501. The third-order valence-electron chi connectivity index (χ3n) is 2.73. The van der Waals surface area contributed by atoms with Crippen LogP contribution in [-0.4, -0.2) is 28.6 Å². The Morgan fingerprint density at radius 3 is 2.00 bits per heavy atom. The molecule has 10 heteroatoms. The van der Waals surface area contributed by atoms with E-state index in [1.807, 2.05) is 0 Å². The quantitative estimate of drug-likeness (QED) is 0.211. The number of rotatable bonds is 0. The predicted octanol–water partition coefficient (Wildman–Crippen LogP) is 4.60. The predicted molar refractivity (Wildman–Crippen MR) is 92.6 cm³/mol.